The van der Waals surface area contributed by atoms with Crippen LogP contribution >= 0.6 is 0 Å². The second-order valence-corrected chi connectivity index (χ2v) is 21.4. The Morgan fingerprint density at radius 2 is 0.716 bits per heavy atom. The molecule has 4 heterocycles. The molecule has 0 saturated heterocycles. The van der Waals surface area contributed by atoms with E-state index in [1.54, 1.807) is 12.1 Å². The highest BCUT2D eigenvalue weighted by Gasteiger charge is 2.41. The molecule has 0 unspecified atom stereocenters. The highest BCUT2D eigenvalue weighted by molar-refractivity contribution is 6.29. The summed E-state index contributed by atoms with van der Waals surface area (Å²) in [6.07, 6.45) is -9.47. The van der Waals surface area contributed by atoms with Crippen molar-refractivity contribution in [1.82, 2.24) is 9.13 Å². The first-order valence-corrected chi connectivity index (χ1v) is 24.6. The number of alkyl halides is 6. The number of hydrogen-bond donors (Lipinski definition) is 0. The Labute approximate surface area is 420 Å². The Balaban J connectivity index is 1.35. The second kappa shape index (κ2) is 15.6. The van der Waals surface area contributed by atoms with Crippen molar-refractivity contribution in [3.63, 3.8) is 0 Å². The maximum Gasteiger partial charge on any atom is 0.416 e. The lowest BCUT2D eigenvalue weighted by atomic mass is 9.71. The van der Waals surface area contributed by atoms with Crippen molar-refractivity contribution in [2.75, 3.05) is 0 Å². The minimum Gasteiger partial charge on any atom is -0.456 e. The summed E-state index contributed by atoms with van der Waals surface area (Å²) in [7, 11) is 0. The molecule has 4 aromatic heterocycles. The lowest BCUT2D eigenvalue weighted by molar-refractivity contribution is -0.138. The van der Waals surface area contributed by atoms with Crippen LogP contribution in [0.4, 0.5) is 26.3 Å². The number of aromatic nitrogens is 2. The van der Waals surface area contributed by atoms with Gasteiger partial charge in [-0.15, -0.1) is 0 Å². The number of rotatable bonds is 4. The van der Waals surface area contributed by atoms with E-state index in [0.29, 0.717) is 67.0 Å². The van der Waals surface area contributed by atoms with Gasteiger partial charge in [0.15, 0.2) is 0 Å². The van der Waals surface area contributed by atoms with Crippen LogP contribution in [0.25, 0.3) is 121 Å². The number of hydrogen-bond acceptors (Lipinski definition) is 2. The molecule has 366 valence electrons. The average molecular weight is 989 g/mol. The number of halogens is 6. The van der Waals surface area contributed by atoms with Gasteiger partial charge in [-0.1, -0.05) is 139 Å². The second-order valence-electron chi connectivity index (χ2n) is 21.4. The van der Waals surface area contributed by atoms with Gasteiger partial charge in [-0.3, -0.25) is 0 Å². The summed E-state index contributed by atoms with van der Waals surface area (Å²) in [6, 6.07) is 50.1. The van der Waals surface area contributed by atoms with E-state index in [9.17, 15) is 0 Å². The molecule has 0 aliphatic heterocycles. The summed E-state index contributed by atoms with van der Waals surface area (Å²) in [5, 5.41) is 7.03. The van der Waals surface area contributed by atoms with Gasteiger partial charge in [0.05, 0.1) is 44.6 Å². The Hall–Kier alpha value is -8.24. The summed E-state index contributed by atoms with van der Waals surface area (Å²) < 4.78 is 109. The van der Waals surface area contributed by atoms with Crippen LogP contribution in [0.3, 0.4) is 0 Å². The zero-order chi connectivity index (χ0) is 51.4. The summed E-state index contributed by atoms with van der Waals surface area (Å²) in [5.41, 5.74) is 6.19. The molecule has 74 heavy (non-hydrogen) atoms. The van der Waals surface area contributed by atoms with E-state index in [1.165, 1.54) is 24.3 Å². The van der Waals surface area contributed by atoms with Gasteiger partial charge in [0, 0.05) is 54.2 Å². The lowest BCUT2D eigenvalue weighted by Crippen LogP contribution is -2.26. The van der Waals surface area contributed by atoms with E-state index < -0.39 is 34.3 Å². The molecule has 0 saturated carbocycles. The molecule has 0 aliphatic carbocycles. The van der Waals surface area contributed by atoms with Crippen LogP contribution in [0, 0.1) is 0 Å². The van der Waals surface area contributed by atoms with Gasteiger partial charge >= 0.3 is 12.4 Å². The predicted molar refractivity (Wildman–Crippen MR) is 288 cm³/mol. The highest BCUT2D eigenvalue weighted by atomic mass is 19.4. The van der Waals surface area contributed by atoms with Gasteiger partial charge in [-0.2, -0.15) is 26.3 Å². The van der Waals surface area contributed by atoms with Crippen molar-refractivity contribution in [2.45, 2.75) is 64.7 Å². The standard InChI is InChI=1S/C64H46F6N2O2/c1-61(2,3)57-51(35-17-15-19-37(33-35)63(65,66)67)59(71-43-25-11-7-21-39(43)53-45(71)29-31-49-55(53)41-23-9-13-27-47(41)73-49)52(36-18-16-20-38(34-36)64(68,69)70)58(62(4,5)6)60(57)72-44-26-12-8-22-40(44)54-46(72)30-32-50-56(54)42-24-10-14-28-48(42)74-50/h7-34H,1-6H3. The minimum absolute atomic E-state index is 0.249. The molecule has 0 amide bonds. The van der Waals surface area contributed by atoms with E-state index in [0.717, 1.165) is 66.3 Å². The Morgan fingerprint density at radius 1 is 0.338 bits per heavy atom. The van der Waals surface area contributed by atoms with Gasteiger partial charge in [0.25, 0.3) is 0 Å². The van der Waals surface area contributed by atoms with Crippen molar-refractivity contribution < 1.29 is 35.2 Å². The van der Waals surface area contributed by atoms with Crippen LogP contribution in [0.15, 0.2) is 179 Å². The number of nitrogens with zero attached hydrogens (tertiary/aromatic N) is 2. The van der Waals surface area contributed by atoms with Crippen LogP contribution in [0.5, 0.6) is 0 Å². The lowest BCUT2D eigenvalue weighted by Gasteiger charge is -2.38. The Kier molecular flexibility index (Phi) is 9.64. The third kappa shape index (κ3) is 6.69. The molecule has 0 aliphatic rings. The smallest absolute Gasteiger partial charge is 0.416 e. The Bertz CT molecular complexity index is 4390. The van der Waals surface area contributed by atoms with E-state index in [1.807, 2.05) is 115 Å². The van der Waals surface area contributed by atoms with Crippen LogP contribution in [0.1, 0.15) is 63.8 Å². The summed E-state index contributed by atoms with van der Waals surface area (Å²) in [4.78, 5) is 0. The topological polar surface area (TPSA) is 36.1 Å². The van der Waals surface area contributed by atoms with Crippen LogP contribution in [-0.4, -0.2) is 9.13 Å². The van der Waals surface area contributed by atoms with E-state index in [4.69, 9.17) is 8.83 Å². The maximum absolute atomic E-state index is 15.3. The quantitative estimate of drug-likeness (QED) is 0.165. The van der Waals surface area contributed by atoms with Gasteiger partial charge in [-0.25, -0.2) is 0 Å². The van der Waals surface area contributed by atoms with Crippen molar-refractivity contribution in [2.24, 2.45) is 0 Å². The molecule has 9 aromatic carbocycles. The fraction of sp³-hybridized carbons (Fsp3) is 0.156. The largest absolute Gasteiger partial charge is 0.456 e. The number of furan rings is 2. The molecule has 0 spiro atoms. The monoisotopic (exact) mass is 988 g/mol. The molecule has 13 rings (SSSR count). The zero-order valence-electron chi connectivity index (χ0n) is 41.1. The maximum atomic E-state index is 15.3. The summed E-state index contributed by atoms with van der Waals surface area (Å²) in [6.45, 7) is 12.4. The summed E-state index contributed by atoms with van der Waals surface area (Å²) >= 11 is 0. The normalized spacial score (nSPS) is 13.1. The van der Waals surface area contributed by atoms with Crippen LogP contribution in [-0.2, 0) is 23.2 Å². The summed E-state index contributed by atoms with van der Waals surface area (Å²) in [5.74, 6) is 0. The first-order valence-electron chi connectivity index (χ1n) is 24.6. The van der Waals surface area contributed by atoms with E-state index >= 15 is 26.3 Å². The first kappa shape index (κ1) is 45.6. The Morgan fingerprint density at radius 3 is 1.12 bits per heavy atom. The number of fused-ring (bicyclic) bond motifs is 14. The molecule has 0 radical (unpaired) electrons. The number of para-hydroxylation sites is 4. The highest BCUT2D eigenvalue weighted by Crippen LogP contribution is 2.56. The molecule has 0 fully saturated rings. The van der Waals surface area contributed by atoms with Crippen LogP contribution < -0.4 is 0 Å². The SMILES string of the molecule is CC(C)(C)c1c(-c2cccc(C(F)(F)F)c2)c(-n2c3ccccc3c3c4c(ccc32)oc2ccccc24)c(-c2cccc(C(F)(F)F)c2)c(C(C)(C)C)c1-n1c2ccccc2c2c3c(ccc21)oc1ccccc13. The molecular formula is C64H46F6N2O2. The molecule has 0 bridgehead atoms. The van der Waals surface area contributed by atoms with Crippen LogP contribution in [0.2, 0.25) is 0 Å². The predicted octanol–water partition coefficient (Wildman–Crippen LogP) is 19.6. The minimum atomic E-state index is -4.73. The third-order valence-electron chi connectivity index (χ3n) is 14.7. The van der Waals surface area contributed by atoms with Crippen molar-refractivity contribution in [3.8, 4) is 33.6 Å². The first-order chi connectivity index (χ1) is 35.3. The van der Waals surface area contributed by atoms with E-state index in [-0.39, 0.29) is 11.1 Å². The molecule has 10 heteroatoms. The molecule has 4 nitrogen and oxygen atoms in total. The van der Waals surface area contributed by atoms with Gasteiger partial charge in [0.2, 0.25) is 0 Å². The zero-order valence-corrected chi connectivity index (χ0v) is 41.1. The van der Waals surface area contributed by atoms with E-state index in [2.05, 4.69) is 56.7 Å². The van der Waals surface area contributed by atoms with Crippen molar-refractivity contribution >= 4 is 87.5 Å². The molecule has 13 aromatic rings. The van der Waals surface area contributed by atoms with Gasteiger partial charge < -0.3 is 18.0 Å². The molecule has 0 N–H and O–H groups in total. The molecular weight excluding hydrogens is 943 g/mol. The molecule has 0 atom stereocenters. The van der Waals surface area contributed by atoms with Gasteiger partial charge in [0.1, 0.15) is 22.3 Å². The van der Waals surface area contributed by atoms with Gasteiger partial charge in [-0.05, 0) is 106 Å². The fourth-order valence-electron chi connectivity index (χ4n) is 11.9. The average Bonchev–Trinajstić information content (AvgIpc) is 4.12. The third-order valence-corrected chi connectivity index (χ3v) is 14.7. The van der Waals surface area contributed by atoms with Crippen molar-refractivity contribution in [1.29, 1.82) is 0 Å². The number of benzene rings is 9. The fourth-order valence-corrected chi connectivity index (χ4v) is 11.9. The van der Waals surface area contributed by atoms with Crippen molar-refractivity contribution in [3.05, 3.63) is 192 Å².